The highest BCUT2D eigenvalue weighted by Crippen LogP contribution is 2.42. The molecule has 4 heteroatoms. The molecular weight excluding hydrogens is 216 g/mol. The number of nitrogens with zero attached hydrogens (tertiary/aromatic N) is 2. The van der Waals surface area contributed by atoms with Gasteiger partial charge in [0.15, 0.2) is 0 Å². The summed E-state index contributed by atoms with van der Waals surface area (Å²) in [6.07, 6.45) is 4.60. The molecule has 0 N–H and O–H groups in total. The summed E-state index contributed by atoms with van der Waals surface area (Å²) in [4.78, 5) is 14.1. The Bertz CT molecular complexity index is 323. The van der Waals surface area contributed by atoms with Gasteiger partial charge in [-0.1, -0.05) is 0 Å². The van der Waals surface area contributed by atoms with Crippen molar-refractivity contribution in [2.45, 2.75) is 45.1 Å². The molecule has 1 saturated carbocycles. The fraction of sp³-hybridized carbons (Fsp3) is 0.846. The van der Waals surface area contributed by atoms with Crippen LogP contribution >= 0.6 is 0 Å². The molecule has 1 heterocycles. The van der Waals surface area contributed by atoms with E-state index < -0.39 is 5.41 Å². The summed E-state index contributed by atoms with van der Waals surface area (Å²) >= 11 is 0. The normalized spacial score (nSPS) is 23.9. The summed E-state index contributed by atoms with van der Waals surface area (Å²) in [5.74, 6) is 0.0567. The molecule has 0 radical (unpaired) electrons. The van der Waals surface area contributed by atoms with Gasteiger partial charge in [0.25, 0.3) is 0 Å². The number of hydrogen-bond donors (Lipinski definition) is 0. The summed E-state index contributed by atoms with van der Waals surface area (Å²) < 4.78 is 5.56. The molecule has 1 aliphatic carbocycles. The van der Waals surface area contributed by atoms with Gasteiger partial charge in [-0.15, -0.1) is 0 Å². The summed E-state index contributed by atoms with van der Waals surface area (Å²) in [5.41, 5.74) is -0.682. The number of ether oxygens (including phenoxy) is 1. The van der Waals surface area contributed by atoms with E-state index in [1.54, 1.807) is 0 Å². The minimum atomic E-state index is -0.682. The topological polar surface area (TPSA) is 53.3 Å². The zero-order valence-electron chi connectivity index (χ0n) is 10.4. The van der Waals surface area contributed by atoms with E-state index >= 15 is 0 Å². The molecule has 0 aromatic rings. The maximum absolute atomic E-state index is 12.3. The minimum Gasteiger partial charge on any atom is -0.378 e. The van der Waals surface area contributed by atoms with Gasteiger partial charge in [-0.2, -0.15) is 5.26 Å². The van der Waals surface area contributed by atoms with Gasteiger partial charge in [0.1, 0.15) is 5.41 Å². The van der Waals surface area contributed by atoms with Gasteiger partial charge >= 0.3 is 0 Å². The lowest BCUT2D eigenvalue weighted by atomic mass is 9.69. The third-order valence-corrected chi connectivity index (χ3v) is 3.96. The molecule has 2 rings (SSSR count). The van der Waals surface area contributed by atoms with Gasteiger partial charge in [0.2, 0.25) is 5.91 Å². The maximum atomic E-state index is 12.3. The van der Waals surface area contributed by atoms with E-state index in [0.717, 1.165) is 51.8 Å². The third kappa shape index (κ3) is 2.30. The molecule has 0 bridgehead atoms. The van der Waals surface area contributed by atoms with Crippen LogP contribution in [0.25, 0.3) is 0 Å². The predicted molar refractivity (Wildman–Crippen MR) is 63.1 cm³/mol. The number of nitriles is 1. The number of carbonyl (C=O) groups is 1. The lowest BCUT2D eigenvalue weighted by Crippen LogP contribution is -2.50. The molecule has 94 valence electrons. The first-order chi connectivity index (χ1) is 8.22. The van der Waals surface area contributed by atoms with Crippen LogP contribution in [0.15, 0.2) is 0 Å². The molecule has 0 atom stereocenters. The molecule has 1 amide bonds. The first-order valence-corrected chi connectivity index (χ1v) is 6.54. The summed E-state index contributed by atoms with van der Waals surface area (Å²) in [6.45, 7) is 4.22. The number of hydrogen-bond acceptors (Lipinski definition) is 3. The number of carbonyl (C=O) groups excluding carboxylic acids is 1. The van der Waals surface area contributed by atoms with Crippen LogP contribution in [0.4, 0.5) is 0 Å². The van der Waals surface area contributed by atoms with Crippen LogP contribution < -0.4 is 0 Å². The molecular formula is C13H20N2O2. The number of rotatable bonds is 3. The zero-order valence-corrected chi connectivity index (χ0v) is 10.4. The van der Waals surface area contributed by atoms with Gasteiger partial charge in [-0.25, -0.2) is 0 Å². The van der Waals surface area contributed by atoms with Crippen molar-refractivity contribution in [3.63, 3.8) is 0 Å². The maximum Gasteiger partial charge on any atom is 0.243 e. The molecule has 17 heavy (non-hydrogen) atoms. The fourth-order valence-corrected chi connectivity index (χ4v) is 2.67. The quantitative estimate of drug-likeness (QED) is 0.749. The Morgan fingerprint density at radius 1 is 1.47 bits per heavy atom. The summed E-state index contributed by atoms with van der Waals surface area (Å²) in [5, 5.41) is 9.15. The fourth-order valence-electron chi connectivity index (χ4n) is 2.67. The van der Waals surface area contributed by atoms with Gasteiger partial charge in [-0.05, 0) is 39.0 Å². The van der Waals surface area contributed by atoms with E-state index in [9.17, 15) is 4.79 Å². The first-order valence-electron chi connectivity index (χ1n) is 6.54. The van der Waals surface area contributed by atoms with Crippen LogP contribution in [0.1, 0.15) is 39.0 Å². The number of piperidine rings is 1. The molecule has 2 fully saturated rings. The average molecular weight is 236 g/mol. The second-order valence-electron chi connectivity index (χ2n) is 4.99. The second kappa shape index (κ2) is 5.05. The van der Waals surface area contributed by atoms with Gasteiger partial charge in [0, 0.05) is 19.7 Å². The molecule has 0 unspecified atom stereocenters. The smallest absolute Gasteiger partial charge is 0.243 e. The highest BCUT2D eigenvalue weighted by Gasteiger charge is 2.47. The molecule has 2 aliphatic rings. The Morgan fingerprint density at radius 3 is 2.53 bits per heavy atom. The van der Waals surface area contributed by atoms with Gasteiger partial charge in [-0.3, -0.25) is 4.79 Å². The van der Waals surface area contributed by atoms with E-state index in [1.807, 2.05) is 11.8 Å². The molecule has 0 spiro atoms. The van der Waals surface area contributed by atoms with Crippen molar-refractivity contribution in [3.8, 4) is 6.07 Å². The van der Waals surface area contributed by atoms with Crippen molar-refractivity contribution in [2.75, 3.05) is 19.7 Å². The van der Waals surface area contributed by atoms with Gasteiger partial charge in [0.05, 0.1) is 12.2 Å². The molecule has 0 aromatic heterocycles. The highest BCUT2D eigenvalue weighted by molar-refractivity contribution is 5.86. The van der Waals surface area contributed by atoms with E-state index in [1.165, 1.54) is 0 Å². The largest absolute Gasteiger partial charge is 0.378 e. The predicted octanol–water partition coefficient (Wildman–Crippen LogP) is 1.71. The van der Waals surface area contributed by atoms with Crippen LogP contribution in [0.3, 0.4) is 0 Å². The summed E-state index contributed by atoms with van der Waals surface area (Å²) in [6, 6.07) is 2.23. The Labute approximate surface area is 103 Å². The zero-order chi connectivity index (χ0) is 12.3. The Kier molecular flexibility index (Phi) is 3.68. The molecule has 1 saturated heterocycles. The molecule has 1 aliphatic heterocycles. The van der Waals surface area contributed by atoms with Crippen molar-refractivity contribution in [2.24, 2.45) is 5.41 Å². The number of amides is 1. The van der Waals surface area contributed by atoms with Crippen molar-refractivity contribution in [1.82, 2.24) is 4.90 Å². The third-order valence-electron chi connectivity index (χ3n) is 3.96. The van der Waals surface area contributed by atoms with Crippen molar-refractivity contribution >= 4 is 5.91 Å². The standard InChI is InChI=1S/C13H20N2O2/c1-2-17-11-4-8-15(9-5-11)12(16)13(10-14)6-3-7-13/h11H,2-9H2,1H3. The van der Waals surface area contributed by atoms with Crippen LogP contribution in [-0.4, -0.2) is 36.6 Å². The average Bonchev–Trinajstić information content (AvgIpc) is 2.29. The van der Waals surface area contributed by atoms with Crippen molar-refractivity contribution < 1.29 is 9.53 Å². The van der Waals surface area contributed by atoms with Crippen LogP contribution in [0.5, 0.6) is 0 Å². The second-order valence-corrected chi connectivity index (χ2v) is 4.99. The Morgan fingerprint density at radius 2 is 2.12 bits per heavy atom. The minimum absolute atomic E-state index is 0.0567. The Hall–Kier alpha value is -1.08. The van der Waals surface area contributed by atoms with E-state index in [2.05, 4.69) is 6.07 Å². The molecule has 0 aromatic carbocycles. The van der Waals surface area contributed by atoms with Crippen LogP contribution in [0.2, 0.25) is 0 Å². The van der Waals surface area contributed by atoms with Crippen molar-refractivity contribution in [1.29, 1.82) is 5.26 Å². The summed E-state index contributed by atoms with van der Waals surface area (Å²) in [7, 11) is 0. The van der Waals surface area contributed by atoms with Gasteiger partial charge < -0.3 is 9.64 Å². The monoisotopic (exact) mass is 236 g/mol. The highest BCUT2D eigenvalue weighted by atomic mass is 16.5. The Balaban J connectivity index is 1.88. The van der Waals surface area contributed by atoms with E-state index in [4.69, 9.17) is 10.00 Å². The van der Waals surface area contributed by atoms with Crippen molar-refractivity contribution in [3.05, 3.63) is 0 Å². The van der Waals surface area contributed by atoms with E-state index in [-0.39, 0.29) is 5.91 Å². The van der Waals surface area contributed by atoms with E-state index in [0.29, 0.717) is 6.10 Å². The SMILES string of the molecule is CCOC1CCN(C(=O)C2(C#N)CCC2)CC1. The van der Waals surface area contributed by atoms with Crippen LogP contribution in [-0.2, 0) is 9.53 Å². The molecule has 4 nitrogen and oxygen atoms in total. The lowest BCUT2D eigenvalue weighted by Gasteiger charge is -2.40. The lowest BCUT2D eigenvalue weighted by molar-refractivity contribution is -0.145. The number of likely N-dealkylation sites (tertiary alicyclic amines) is 1. The van der Waals surface area contributed by atoms with Crippen LogP contribution in [0, 0.1) is 16.7 Å². The first kappa shape index (κ1) is 12.4.